The fourth-order valence-electron chi connectivity index (χ4n) is 2.99. The van der Waals surface area contributed by atoms with Crippen molar-refractivity contribution in [3.63, 3.8) is 0 Å². The Hall–Kier alpha value is -3.03. The number of pyridine rings is 1. The van der Waals surface area contributed by atoms with Gasteiger partial charge in [-0.1, -0.05) is 30.3 Å². The van der Waals surface area contributed by atoms with Gasteiger partial charge in [0.2, 0.25) is 19.7 Å². The van der Waals surface area contributed by atoms with Gasteiger partial charge in [-0.2, -0.15) is 0 Å². The third-order valence-electron chi connectivity index (χ3n) is 4.43. The van der Waals surface area contributed by atoms with Crippen molar-refractivity contribution in [1.82, 2.24) is 4.98 Å². The molecule has 140 valence electrons. The molecule has 0 fully saturated rings. The summed E-state index contributed by atoms with van der Waals surface area (Å²) >= 11 is 0. The normalized spacial score (nSPS) is 12.1. The van der Waals surface area contributed by atoms with E-state index in [1.165, 1.54) is 48.7 Å². The van der Waals surface area contributed by atoms with Gasteiger partial charge in [0.25, 0.3) is 0 Å². The topological polar surface area (TPSA) is 81.2 Å². The van der Waals surface area contributed by atoms with Crippen LogP contribution in [0.1, 0.15) is 0 Å². The fraction of sp³-hybridized carbons (Fsp3) is 0. The molecule has 1 aromatic heterocycles. The first-order valence-corrected chi connectivity index (χ1v) is 11.4. The van der Waals surface area contributed by atoms with E-state index in [9.17, 15) is 16.8 Å². The van der Waals surface area contributed by atoms with E-state index in [0.29, 0.717) is 10.8 Å². The number of hydrogen-bond acceptors (Lipinski definition) is 5. The maximum atomic E-state index is 13.1. The Bertz CT molecular complexity index is 1360. The largest absolute Gasteiger partial charge is 0.264 e. The van der Waals surface area contributed by atoms with Crippen LogP contribution in [0, 0.1) is 0 Å². The fourth-order valence-corrected chi connectivity index (χ4v) is 5.75. The molecule has 0 N–H and O–H groups in total. The van der Waals surface area contributed by atoms with Crippen molar-refractivity contribution in [1.29, 1.82) is 0 Å². The zero-order chi connectivity index (χ0) is 19.8. The monoisotopic (exact) mass is 409 g/mol. The molecular weight excluding hydrogens is 394 g/mol. The van der Waals surface area contributed by atoms with Gasteiger partial charge in [-0.15, -0.1) is 0 Å². The minimum absolute atomic E-state index is 0.0313. The summed E-state index contributed by atoms with van der Waals surface area (Å²) in [6.07, 6.45) is 3.14. The van der Waals surface area contributed by atoms with Crippen molar-refractivity contribution >= 4 is 30.4 Å². The molecule has 28 heavy (non-hydrogen) atoms. The Balaban J connectivity index is 1.78. The summed E-state index contributed by atoms with van der Waals surface area (Å²) in [5.74, 6) is 0. The van der Waals surface area contributed by atoms with E-state index in [-0.39, 0.29) is 19.6 Å². The van der Waals surface area contributed by atoms with Crippen LogP contribution in [0.3, 0.4) is 0 Å². The Labute approximate surface area is 163 Å². The van der Waals surface area contributed by atoms with Gasteiger partial charge in [0.05, 0.1) is 19.6 Å². The molecular formula is C21H15NO4S2. The van der Waals surface area contributed by atoms with Gasteiger partial charge in [-0.25, -0.2) is 16.8 Å². The van der Waals surface area contributed by atoms with Crippen LogP contribution in [-0.4, -0.2) is 21.8 Å². The molecule has 1 heterocycles. The Morgan fingerprint density at radius 2 is 1.18 bits per heavy atom. The van der Waals surface area contributed by atoms with Crippen molar-refractivity contribution in [2.24, 2.45) is 0 Å². The average molecular weight is 409 g/mol. The van der Waals surface area contributed by atoms with Crippen molar-refractivity contribution in [2.75, 3.05) is 0 Å². The smallest absolute Gasteiger partial charge is 0.207 e. The first-order chi connectivity index (χ1) is 13.4. The summed E-state index contributed by atoms with van der Waals surface area (Å²) in [5.41, 5.74) is 0. The van der Waals surface area contributed by atoms with E-state index in [1.807, 2.05) is 0 Å². The average Bonchev–Trinajstić information content (AvgIpc) is 2.74. The molecule has 0 saturated heterocycles. The summed E-state index contributed by atoms with van der Waals surface area (Å²) in [5, 5.41) is 1.28. The van der Waals surface area contributed by atoms with E-state index in [1.54, 1.807) is 42.6 Å². The molecule has 0 bridgehead atoms. The van der Waals surface area contributed by atoms with Gasteiger partial charge in [0, 0.05) is 23.2 Å². The minimum atomic E-state index is -3.82. The van der Waals surface area contributed by atoms with Crippen LogP contribution in [0.5, 0.6) is 0 Å². The van der Waals surface area contributed by atoms with Crippen molar-refractivity contribution in [2.45, 2.75) is 19.6 Å². The molecule has 4 rings (SSSR count). The predicted molar refractivity (Wildman–Crippen MR) is 106 cm³/mol. The van der Waals surface area contributed by atoms with Crippen molar-refractivity contribution < 1.29 is 16.8 Å². The van der Waals surface area contributed by atoms with Crippen molar-refractivity contribution in [3.05, 3.63) is 91.3 Å². The van der Waals surface area contributed by atoms with Crippen LogP contribution in [0.15, 0.2) is 111 Å². The van der Waals surface area contributed by atoms with Crippen LogP contribution in [0.25, 0.3) is 10.8 Å². The summed E-state index contributed by atoms with van der Waals surface area (Å²) in [7, 11) is -7.52. The molecule has 0 unspecified atom stereocenters. The number of benzene rings is 3. The first-order valence-electron chi connectivity index (χ1n) is 8.39. The summed E-state index contributed by atoms with van der Waals surface area (Å²) in [4.78, 5) is 4.41. The SMILES string of the molecule is O=S(=O)(c1ccccc1)c1ccc(S(=O)(=O)c2cccc3cnccc23)cc1. The summed E-state index contributed by atoms with van der Waals surface area (Å²) in [6, 6.07) is 19.9. The van der Waals surface area contributed by atoms with E-state index in [4.69, 9.17) is 0 Å². The highest BCUT2D eigenvalue weighted by atomic mass is 32.2. The Kier molecular flexibility index (Phi) is 4.49. The maximum absolute atomic E-state index is 13.1. The van der Waals surface area contributed by atoms with E-state index >= 15 is 0 Å². The predicted octanol–water partition coefficient (Wildman–Crippen LogP) is 3.90. The van der Waals surface area contributed by atoms with Crippen LogP contribution in [0.2, 0.25) is 0 Å². The van der Waals surface area contributed by atoms with Crippen LogP contribution < -0.4 is 0 Å². The summed E-state index contributed by atoms with van der Waals surface area (Å²) < 4.78 is 51.6. The molecule has 0 aliphatic heterocycles. The van der Waals surface area contributed by atoms with Crippen LogP contribution in [-0.2, 0) is 19.7 Å². The number of nitrogens with zero attached hydrogens (tertiary/aromatic N) is 1. The molecule has 3 aromatic carbocycles. The maximum Gasteiger partial charge on any atom is 0.207 e. The second-order valence-electron chi connectivity index (χ2n) is 6.14. The lowest BCUT2D eigenvalue weighted by molar-refractivity contribution is 0.592. The third kappa shape index (κ3) is 3.08. The van der Waals surface area contributed by atoms with Crippen LogP contribution in [0.4, 0.5) is 0 Å². The molecule has 5 nitrogen and oxygen atoms in total. The molecule has 0 spiro atoms. The highest BCUT2D eigenvalue weighted by Gasteiger charge is 2.22. The lowest BCUT2D eigenvalue weighted by Crippen LogP contribution is -2.05. The lowest BCUT2D eigenvalue weighted by atomic mass is 10.2. The molecule has 0 atom stereocenters. The van der Waals surface area contributed by atoms with Gasteiger partial charge in [0.1, 0.15) is 0 Å². The van der Waals surface area contributed by atoms with Gasteiger partial charge >= 0.3 is 0 Å². The highest BCUT2D eigenvalue weighted by Crippen LogP contribution is 2.29. The quantitative estimate of drug-likeness (QED) is 0.511. The molecule has 0 aliphatic rings. The van der Waals surface area contributed by atoms with Gasteiger partial charge in [-0.05, 0) is 48.5 Å². The summed E-state index contributed by atoms with van der Waals surface area (Å²) in [6.45, 7) is 0. The molecule has 0 radical (unpaired) electrons. The number of aromatic nitrogens is 1. The number of rotatable bonds is 4. The van der Waals surface area contributed by atoms with Gasteiger partial charge in [-0.3, -0.25) is 4.98 Å². The first kappa shape index (κ1) is 18.3. The Morgan fingerprint density at radius 1 is 0.571 bits per heavy atom. The van der Waals surface area contributed by atoms with Crippen LogP contribution >= 0.6 is 0 Å². The number of sulfone groups is 2. The molecule has 0 saturated carbocycles. The number of fused-ring (bicyclic) bond motifs is 1. The highest BCUT2D eigenvalue weighted by molar-refractivity contribution is 7.92. The molecule has 4 aromatic rings. The van der Waals surface area contributed by atoms with Crippen molar-refractivity contribution in [3.8, 4) is 0 Å². The number of hydrogen-bond donors (Lipinski definition) is 0. The Morgan fingerprint density at radius 3 is 1.86 bits per heavy atom. The molecule has 0 amide bonds. The van der Waals surface area contributed by atoms with E-state index < -0.39 is 19.7 Å². The second kappa shape index (κ2) is 6.85. The molecule has 0 aliphatic carbocycles. The third-order valence-corrected chi connectivity index (χ3v) is 8.04. The zero-order valence-corrected chi connectivity index (χ0v) is 16.2. The standard InChI is InChI=1S/C21H15NO4S2/c23-27(24,17-6-2-1-3-7-17)18-9-11-19(12-10-18)28(25,26)21-8-4-5-16-15-22-14-13-20(16)21/h1-15H. The minimum Gasteiger partial charge on any atom is -0.264 e. The van der Waals surface area contributed by atoms with E-state index in [0.717, 1.165) is 0 Å². The lowest BCUT2D eigenvalue weighted by Gasteiger charge is -2.09. The van der Waals surface area contributed by atoms with Gasteiger partial charge in [0.15, 0.2) is 0 Å². The van der Waals surface area contributed by atoms with Gasteiger partial charge < -0.3 is 0 Å². The second-order valence-corrected chi connectivity index (χ2v) is 10.0. The van der Waals surface area contributed by atoms with E-state index in [2.05, 4.69) is 4.98 Å². The zero-order valence-electron chi connectivity index (χ0n) is 14.6. The molecule has 7 heteroatoms.